The highest BCUT2D eigenvalue weighted by atomic mass is 35.5. The SMILES string of the molecule is Nc1cn[nH]c1C(=O)Nc1ccccc1Cl. The Balaban J connectivity index is 2.21. The number of carbonyl (C=O) groups excluding carboxylic acids is 1. The summed E-state index contributed by atoms with van der Waals surface area (Å²) in [5.74, 6) is -0.372. The summed E-state index contributed by atoms with van der Waals surface area (Å²) in [5, 5.41) is 9.28. The highest BCUT2D eigenvalue weighted by Crippen LogP contribution is 2.21. The Morgan fingerprint density at radius 3 is 2.81 bits per heavy atom. The molecule has 0 fully saturated rings. The molecular weight excluding hydrogens is 228 g/mol. The van der Waals surface area contributed by atoms with E-state index in [0.717, 1.165) is 0 Å². The fourth-order valence-corrected chi connectivity index (χ4v) is 1.41. The lowest BCUT2D eigenvalue weighted by atomic mass is 10.3. The Kier molecular flexibility index (Phi) is 2.78. The standard InChI is InChI=1S/C10H9ClN4O/c11-6-3-1-2-4-8(6)14-10(16)9-7(12)5-13-15-9/h1-5H,12H2,(H,13,15)(H,14,16). The number of aromatic nitrogens is 2. The summed E-state index contributed by atoms with van der Waals surface area (Å²) >= 11 is 5.90. The van der Waals surface area contributed by atoms with Crippen LogP contribution in [0.1, 0.15) is 10.5 Å². The molecule has 0 aliphatic carbocycles. The maximum absolute atomic E-state index is 11.7. The van der Waals surface area contributed by atoms with Gasteiger partial charge in [0.15, 0.2) is 0 Å². The monoisotopic (exact) mass is 236 g/mol. The van der Waals surface area contributed by atoms with Crippen LogP contribution in [0.3, 0.4) is 0 Å². The van der Waals surface area contributed by atoms with E-state index in [-0.39, 0.29) is 11.6 Å². The van der Waals surface area contributed by atoms with Gasteiger partial charge in [-0.3, -0.25) is 9.89 Å². The minimum absolute atomic E-state index is 0.222. The molecule has 1 aromatic carbocycles. The number of para-hydroxylation sites is 1. The molecule has 4 N–H and O–H groups in total. The Morgan fingerprint density at radius 2 is 2.19 bits per heavy atom. The van der Waals surface area contributed by atoms with E-state index in [9.17, 15) is 4.79 Å². The number of aromatic amines is 1. The second-order valence-electron chi connectivity index (χ2n) is 3.13. The zero-order valence-corrected chi connectivity index (χ0v) is 8.95. The van der Waals surface area contributed by atoms with Crippen molar-refractivity contribution in [3.8, 4) is 0 Å². The first-order valence-corrected chi connectivity index (χ1v) is 4.91. The molecule has 0 aliphatic rings. The first-order valence-electron chi connectivity index (χ1n) is 4.53. The van der Waals surface area contributed by atoms with Crippen molar-refractivity contribution in [2.75, 3.05) is 11.1 Å². The quantitative estimate of drug-likeness (QED) is 0.745. The van der Waals surface area contributed by atoms with Gasteiger partial charge in [0, 0.05) is 0 Å². The van der Waals surface area contributed by atoms with Gasteiger partial charge in [-0.25, -0.2) is 0 Å². The van der Waals surface area contributed by atoms with Crippen molar-refractivity contribution >= 4 is 28.9 Å². The van der Waals surface area contributed by atoms with Crippen LogP contribution < -0.4 is 11.1 Å². The van der Waals surface area contributed by atoms with Crippen molar-refractivity contribution in [3.05, 3.63) is 41.2 Å². The number of hydrogen-bond acceptors (Lipinski definition) is 3. The number of rotatable bonds is 2. The number of hydrogen-bond donors (Lipinski definition) is 3. The first kappa shape index (κ1) is 10.5. The molecule has 82 valence electrons. The highest BCUT2D eigenvalue weighted by molar-refractivity contribution is 6.33. The van der Waals surface area contributed by atoms with E-state index < -0.39 is 0 Å². The van der Waals surface area contributed by atoms with E-state index in [1.54, 1.807) is 24.3 Å². The van der Waals surface area contributed by atoms with E-state index in [1.165, 1.54) is 6.20 Å². The maximum atomic E-state index is 11.7. The number of benzene rings is 1. The molecule has 1 heterocycles. The molecule has 1 aromatic heterocycles. The highest BCUT2D eigenvalue weighted by Gasteiger charge is 2.12. The van der Waals surface area contributed by atoms with Crippen molar-refractivity contribution in [1.82, 2.24) is 10.2 Å². The molecular formula is C10H9ClN4O. The van der Waals surface area contributed by atoms with Crippen molar-refractivity contribution < 1.29 is 4.79 Å². The number of nitrogens with two attached hydrogens (primary N) is 1. The molecule has 2 aromatic rings. The van der Waals surface area contributed by atoms with Crippen LogP contribution in [-0.4, -0.2) is 16.1 Å². The van der Waals surface area contributed by atoms with Gasteiger partial charge in [0.2, 0.25) is 0 Å². The van der Waals surface area contributed by atoms with Crippen molar-refractivity contribution in [1.29, 1.82) is 0 Å². The zero-order chi connectivity index (χ0) is 11.5. The Labute approximate surface area is 96.6 Å². The summed E-state index contributed by atoms with van der Waals surface area (Å²) in [6.45, 7) is 0. The molecule has 0 unspecified atom stereocenters. The summed E-state index contributed by atoms with van der Waals surface area (Å²) in [6.07, 6.45) is 1.38. The molecule has 0 saturated carbocycles. The summed E-state index contributed by atoms with van der Waals surface area (Å²) < 4.78 is 0. The van der Waals surface area contributed by atoms with Crippen LogP contribution >= 0.6 is 11.6 Å². The third-order valence-corrected chi connectivity index (χ3v) is 2.35. The minimum Gasteiger partial charge on any atom is -0.396 e. The molecule has 6 heteroatoms. The molecule has 16 heavy (non-hydrogen) atoms. The largest absolute Gasteiger partial charge is 0.396 e. The van der Waals surface area contributed by atoms with Crippen molar-refractivity contribution in [3.63, 3.8) is 0 Å². The number of carbonyl (C=O) groups is 1. The topological polar surface area (TPSA) is 83.8 Å². The number of nitrogens with one attached hydrogen (secondary N) is 2. The van der Waals surface area contributed by atoms with Gasteiger partial charge < -0.3 is 11.1 Å². The second-order valence-corrected chi connectivity index (χ2v) is 3.54. The third-order valence-electron chi connectivity index (χ3n) is 2.02. The fraction of sp³-hybridized carbons (Fsp3) is 0. The normalized spacial score (nSPS) is 10.1. The lowest BCUT2D eigenvalue weighted by Crippen LogP contribution is -2.14. The van der Waals surface area contributed by atoms with Crippen LogP contribution in [0.2, 0.25) is 5.02 Å². The molecule has 0 saturated heterocycles. The number of H-pyrrole nitrogens is 1. The van der Waals surface area contributed by atoms with E-state index in [1.807, 2.05) is 0 Å². The molecule has 5 nitrogen and oxygen atoms in total. The minimum atomic E-state index is -0.372. The average Bonchev–Trinajstić information content (AvgIpc) is 2.68. The number of nitrogen functional groups attached to an aromatic ring is 1. The second kappa shape index (κ2) is 4.24. The Morgan fingerprint density at radius 1 is 1.44 bits per heavy atom. The zero-order valence-electron chi connectivity index (χ0n) is 8.20. The maximum Gasteiger partial charge on any atom is 0.275 e. The lowest BCUT2D eigenvalue weighted by molar-refractivity contribution is 0.102. The van der Waals surface area contributed by atoms with Gasteiger partial charge in [0.05, 0.1) is 22.6 Å². The first-order chi connectivity index (χ1) is 7.68. The van der Waals surface area contributed by atoms with Crippen LogP contribution in [0, 0.1) is 0 Å². The van der Waals surface area contributed by atoms with Crippen LogP contribution in [-0.2, 0) is 0 Å². The van der Waals surface area contributed by atoms with E-state index >= 15 is 0 Å². The number of amides is 1. The smallest absolute Gasteiger partial charge is 0.275 e. The number of anilines is 2. The van der Waals surface area contributed by atoms with E-state index in [2.05, 4.69) is 15.5 Å². The van der Waals surface area contributed by atoms with Gasteiger partial charge >= 0.3 is 0 Å². The Hall–Kier alpha value is -2.01. The molecule has 0 atom stereocenters. The van der Waals surface area contributed by atoms with Gasteiger partial charge in [-0.2, -0.15) is 5.10 Å². The van der Waals surface area contributed by atoms with Crippen molar-refractivity contribution in [2.24, 2.45) is 0 Å². The summed E-state index contributed by atoms with van der Waals surface area (Å²) in [7, 11) is 0. The predicted octanol–water partition coefficient (Wildman–Crippen LogP) is 1.90. The van der Waals surface area contributed by atoms with E-state index in [0.29, 0.717) is 16.4 Å². The molecule has 0 aliphatic heterocycles. The molecule has 2 rings (SSSR count). The van der Waals surface area contributed by atoms with Crippen LogP contribution in [0.5, 0.6) is 0 Å². The third kappa shape index (κ3) is 1.99. The van der Waals surface area contributed by atoms with Crippen LogP contribution in [0.15, 0.2) is 30.5 Å². The summed E-state index contributed by atoms with van der Waals surface area (Å²) in [5.41, 5.74) is 6.59. The molecule has 0 bridgehead atoms. The van der Waals surface area contributed by atoms with Gasteiger partial charge in [0.25, 0.3) is 5.91 Å². The van der Waals surface area contributed by atoms with Gasteiger partial charge in [0.1, 0.15) is 5.69 Å². The summed E-state index contributed by atoms with van der Waals surface area (Å²) in [4.78, 5) is 11.7. The van der Waals surface area contributed by atoms with Crippen LogP contribution in [0.25, 0.3) is 0 Å². The number of nitrogens with zero attached hydrogens (tertiary/aromatic N) is 1. The predicted molar refractivity (Wildman–Crippen MR) is 62.4 cm³/mol. The van der Waals surface area contributed by atoms with Crippen LogP contribution in [0.4, 0.5) is 11.4 Å². The fourth-order valence-electron chi connectivity index (χ4n) is 1.22. The van der Waals surface area contributed by atoms with Gasteiger partial charge in [-0.15, -0.1) is 0 Å². The summed E-state index contributed by atoms with van der Waals surface area (Å²) in [6, 6.07) is 6.95. The van der Waals surface area contributed by atoms with Gasteiger partial charge in [-0.05, 0) is 12.1 Å². The molecule has 0 spiro atoms. The average molecular weight is 237 g/mol. The molecule has 1 amide bonds. The van der Waals surface area contributed by atoms with Gasteiger partial charge in [-0.1, -0.05) is 23.7 Å². The number of halogens is 1. The van der Waals surface area contributed by atoms with Crippen molar-refractivity contribution in [2.45, 2.75) is 0 Å². The lowest BCUT2D eigenvalue weighted by Gasteiger charge is -2.05. The Bertz CT molecular complexity index is 523. The van der Waals surface area contributed by atoms with E-state index in [4.69, 9.17) is 17.3 Å². The molecule has 0 radical (unpaired) electrons.